The molecule has 0 unspecified atom stereocenters. The Labute approximate surface area is 267 Å². The lowest BCUT2D eigenvalue weighted by molar-refractivity contribution is 0.667. The van der Waals surface area contributed by atoms with Gasteiger partial charge < -0.3 is 13.7 Å². The first-order valence-electron chi connectivity index (χ1n) is 15.3. The van der Waals surface area contributed by atoms with E-state index < -0.39 is 0 Å². The number of nitrogens with zero attached hydrogens (tertiary/aromatic N) is 2. The van der Waals surface area contributed by atoms with Crippen LogP contribution in [-0.4, -0.2) is 4.98 Å². The van der Waals surface area contributed by atoms with E-state index in [4.69, 9.17) is 13.8 Å². The molecule has 4 heterocycles. The molecule has 0 aliphatic heterocycles. The molecule has 0 saturated carbocycles. The third-order valence-electron chi connectivity index (χ3n) is 8.94. The van der Waals surface area contributed by atoms with Gasteiger partial charge in [0.2, 0.25) is 0 Å². The van der Waals surface area contributed by atoms with Gasteiger partial charge in [0.25, 0.3) is 0 Å². The second-order valence-corrected chi connectivity index (χ2v) is 12.6. The predicted molar refractivity (Wildman–Crippen MR) is 192 cm³/mol. The molecule has 6 aromatic carbocycles. The van der Waals surface area contributed by atoms with Crippen molar-refractivity contribution in [3.05, 3.63) is 146 Å². The van der Waals surface area contributed by atoms with Crippen molar-refractivity contribution in [3.8, 4) is 11.1 Å². The van der Waals surface area contributed by atoms with Crippen LogP contribution in [0.1, 0.15) is 0 Å². The zero-order chi connectivity index (χ0) is 30.2. The Kier molecular flexibility index (Phi) is 5.41. The summed E-state index contributed by atoms with van der Waals surface area (Å²) in [6.07, 6.45) is 1.92. The summed E-state index contributed by atoms with van der Waals surface area (Å²) in [5.74, 6) is 0. The quantitative estimate of drug-likeness (QED) is 0.199. The van der Waals surface area contributed by atoms with Crippen LogP contribution in [0.15, 0.2) is 155 Å². The molecule has 0 bridgehead atoms. The van der Waals surface area contributed by atoms with Crippen LogP contribution in [0.4, 0.5) is 17.1 Å². The number of anilines is 3. The molecule has 10 aromatic rings. The van der Waals surface area contributed by atoms with Crippen molar-refractivity contribution in [2.24, 2.45) is 0 Å². The minimum Gasteiger partial charge on any atom is -0.456 e. The number of thiophene rings is 1. The Morgan fingerprint density at radius 1 is 0.522 bits per heavy atom. The van der Waals surface area contributed by atoms with Gasteiger partial charge in [-0.25, -0.2) is 0 Å². The van der Waals surface area contributed by atoms with E-state index in [9.17, 15) is 0 Å². The minimum absolute atomic E-state index is 0.846. The lowest BCUT2D eigenvalue weighted by Gasteiger charge is -2.25. The van der Waals surface area contributed by atoms with Gasteiger partial charge in [0.15, 0.2) is 5.58 Å². The Morgan fingerprint density at radius 2 is 1.20 bits per heavy atom. The van der Waals surface area contributed by atoms with Crippen molar-refractivity contribution < 1.29 is 8.83 Å². The van der Waals surface area contributed by atoms with Crippen LogP contribution in [-0.2, 0) is 0 Å². The molecule has 216 valence electrons. The molecule has 0 fully saturated rings. The largest absolute Gasteiger partial charge is 0.456 e. The summed E-state index contributed by atoms with van der Waals surface area (Å²) < 4.78 is 15.3. The fraction of sp³-hybridized carbons (Fsp3) is 0. The topological polar surface area (TPSA) is 42.4 Å². The molecule has 0 aliphatic rings. The van der Waals surface area contributed by atoms with Gasteiger partial charge in [0.1, 0.15) is 16.7 Å². The van der Waals surface area contributed by atoms with E-state index >= 15 is 0 Å². The first kappa shape index (κ1) is 25.4. The van der Waals surface area contributed by atoms with E-state index in [1.165, 1.54) is 20.3 Å². The highest BCUT2D eigenvalue weighted by atomic mass is 32.1. The highest BCUT2D eigenvalue weighted by Gasteiger charge is 2.21. The van der Waals surface area contributed by atoms with Crippen LogP contribution in [0.2, 0.25) is 0 Å². The van der Waals surface area contributed by atoms with Gasteiger partial charge in [-0.2, -0.15) is 0 Å². The van der Waals surface area contributed by atoms with E-state index in [-0.39, 0.29) is 0 Å². The molecule has 5 heteroatoms. The molecule has 0 N–H and O–H groups in total. The summed E-state index contributed by atoms with van der Waals surface area (Å²) in [6, 6.07) is 48.7. The summed E-state index contributed by atoms with van der Waals surface area (Å²) in [4.78, 5) is 7.02. The molecule has 0 aliphatic carbocycles. The number of hydrogen-bond donors (Lipinski definition) is 0. The van der Waals surface area contributed by atoms with E-state index in [1.807, 2.05) is 30.5 Å². The molecule has 4 aromatic heterocycles. The average molecular weight is 609 g/mol. The fourth-order valence-electron chi connectivity index (χ4n) is 6.81. The summed E-state index contributed by atoms with van der Waals surface area (Å²) in [5, 5.41) is 5.61. The fourth-order valence-corrected chi connectivity index (χ4v) is 8.01. The second-order valence-electron chi connectivity index (χ2n) is 11.5. The Bertz CT molecular complexity index is 2770. The average Bonchev–Trinajstić information content (AvgIpc) is 3.80. The zero-order valence-electron chi connectivity index (χ0n) is 24.5. The lowest BCUT2D eigenvalue weighted by atomic mass is 10.0. The highest BCUT2D eigenvalue weighted by molar-refractivity contribution is 7.26. The molecular weight excluding hydrogens is 585 g/mol. The van der Waals surface area contributed by atoms with Gasteiger partial charge in [-0.3, -0.25) is 4.98 Å². The standard InChI is InChI=1S/C41H24N2O2S/c1-4-13-35-29(8-1)31-21-20-27(24-37(31)44-35)43(34-12-7-11-32-30-9-2-5-14-36(30)45-40(32)34)26-18-16-25(17-19-26)28-22-23-42-39-33-10-3-6-15-38(33)46-41(28)39/h1-24H. The van der Waals surface area contributed by atoms with E-state index in [0.717, 1.165) is 72.0 Å². The smallest absolute Gasteiger partial charge is 0.159 e. The highest BCUT2D eigenvalue weighted by Crippen LogP contribution is 2.44. The molecule has 46 heavy (non-hydrogen) atoms. The van der Waals surface area contributed by atoms with Crippen molar-refractivity contribution in [1.29, 1.82) is 0 Å². The monoisotopic (exact) mass is 608 g/mol. The lowest BCUT2D eigenvalue weighted by Crippen LogP contribution is -2.10. The minimum atomic E-state index is 0.846. The van der Waals surface area contributed by atoms with Crippen molar-refractivity contribution in [2.45, 2.75) is 0 Å². The maximum Gasteiger partial charge on any atom is 0.159 e. The SMILES string of the molecule is c1ccc2c(c1)oc1cc(N(c3ccc(-c4ccnc5c4sc4ccccc45)cc3)c3cccc4c3oc3ccccc34)ccc12. The number of aromatic nitrogens is 1. The number of hydrogen-bond acceptors (Lipinski definition) is 5. The molecule has 0 radical (unpaired) electrons. The summed E-state index contributed by atoms with van der Waals surface area (Å²) in [6.45, 7) is 0. The van der Waals surface area contributed by atoms with E-state index in [2.05, 4.69) is 120 Å². The number of fused-ring (bicyclic) bond motifs is 9. The van der Waals surface area contributed by atoms with Crippen molar-refractivity contribution in [1.82, 2.24) is 4.98 Å². The van der Waals surface area contributed by atoms with Crippen LogP contribution >= 0.6 is 11.3 Å². The number of benzene rings is 6. The number of para-hydroxylation sites is 3. The van der Waals surface area contributed by atoms with Gasteiger partial charge >= 0.3 is 0 Å². The number of pyridine rings is 1. The Balaban J connectivity index is 1.17. The number of rotatable bonds is 4. The first-order valence-corrected chi connectivity index (χ1v) is 16.1. The van der Waals surface area contributed by atoms with Crippen LogP contribution in [0, 0.1) is 0 Å². The summed E-state index contributed by atoms with van der Waals surface area (Å²) >= 11 is 1.80. The van der Waals surface area contributed by atoms with Crippen LogP contribution in [0.5, 0.6) is 0 Å². The van der Waals surface area contributed by atoms with Crippen LogP contribution < -0.4 is 4.90 Å². The van der Waals surface area contributed by atoms with Crippen LogP contribution in [0.3, 0.4) is 0 Å². The van der Waals surface area contributed by atoms with Gasteiger partial charge in [0, 0.05) is 55.1 Å². The van der Waals surface area contributed by atoms with Gasteiger partial charge in [-0.15, -0.1) is 11.3 Å². The molecule has 0 saturated heterocycles. The van der Waals surface area contributed by atoms with Crippen molar-refractivity contribution in [3.63, 3.8) is 0 Å². The maximum absolute atomic E-state index is 6.54. The Morgan fingerprint density at radius 3 is 2.04 bits per heavy atom. The van der Waals surface area contributed by atoms with Crippen molar-refractivity contribution >= 4 is 92.6 Å². The van der Waals surface area contributed by atoms with Gasteiger partial charge in [-0.1, -0.05) is 78.9 Å². The normalized spacial score (nSPS) is 11.9. The first-order chi connectivity index (χ1) is 22.8. The van der Waals surface area contributed by atoms with Crippen LogP contribution in [0.25, 0.3) is 75.3 Å². The molecule has 10 rings (SSSR count). The zero-order valence-corrected chi connectivity index (χ0v) is 25.3. The van der Waals surface area contributed by atoms with Gasteiger partial charge in [-0.05, 0) is 60.2 Å². The molecule has 0 atom stereocenters. The van der Waals surface area contributed by atoms with E-state index in [0.29, 0.717) is 0 Å². The molecule has 0 amide bonds. The molecule has 0 spiro atoms. The van der Waals surface area contributed by atoms with Gasteiger partial charge in [0.05, 0.1) is 21.6 Å². The second kappa shape index (κ2) is 9.80. The maximum atomic E-state index is 6.54. The third-order valence-corrected chi connectivity index (χ3v) is 10.1. The Hall–Kier alpha value is -5.91. The number of furan rings is 2. The van der Waals surface area contributed by atoms with E-state index in [1.54, 1.807) is 11.3 Å². The van der Waals surface area contributed by atoms with Crippen molar-refractivity contribution in [2.75, 3.05) is 4.90 Å². The molecule has 4 nitrogen and oxygen atoms in total. The summed E-state index contributed by atoms with van der Waals surface area (Å²) in [5.41, 5.74) is 9.82. The predicted octanol–water partition coefficient (Wildman–Crippen LogP) is 12.4. The third kappa shape index (κ3) is 3.76. The summed E-state index contributed by atoms with van der Waals surface area (Å²) in [7, 11) is 0. The molecular formula is C41H24N2O2S.